The van der Waals surface area contributed by atoms with Crippen molar-refractivity contribution in [2.24, 2.45) is 0 Å². The van der Waals surface area contributed by atoms with Crippen LogP contribution < -0.4 is 20.9 Å². The van der Waals surface area contributed by atoms with Crippen molar-refractivity contribution in [3.63, 3.8) is 0 Å². The molecule has 4 atom stereocenters. The summed E-state index contributed by atoms with van der Waals surface area (Å²) in [4.78, 5) is 17.0. The van der Waals surface area contributed by atoms with Crippen LogP contribution in [0.3, 0.4) is 0 Å². The van der Waals surface area contributed by atoms with Gasteiger partial charge in [-0.05, 0) is 47.4 Å². The molecule has 11 heteroatoms. The van der Waals surface area contributed by atoms with Crippen molar-refractivity contribution < 1.29 is 33.5 Å². The van der Waals surface area contributed by atoms with Crippen LogP contribution >= 0.6 is 0 Å². The maximum Gasteiger partial charge on any atom is 0.351 e. The number of methoxy groups -OCH3 is 3. The maximum atomic E-state index is 13.0. The predicted molar refractivity (Wildman–Crippen MR) is 172 cm³/mol. The van der Waals surface area contributed by atoms with E-state index in [-0.39, 0.29) is 25.6 Å². The zero-order valence-electron chi connectivity index (χ0n) is 26.5. The number of rotatable bonds is 14. The molecule has 46 heavy (non-hydrogen) atoms. The third kappa shape index (κ3) is 6.64. The van der Waals surface area contributed by atoms with Crippen LogP contribution in [-0.4, -0.2) is 74.1 Å². The van der Waals surface area contributed by atoms with Crippen molar-refractivity contribution in [2.45, 2.75) is 43.5 Å². The third-order valence-electron chi connectivity index (χ3n) is 8.26. The molecular weight excluding hydrogens is 590 g/mol. The van der Waals surface area contributed by atoms with Gasteiger partial charge in [-0.3, -0.25) is 4.57 Å². The number of ether oxygens (including phenoxy) is 6. The molecule has 0 spiro atoms. The average molecular weight is 632 g/mol. The van der Waals surface area contributed by atoms with Crippen LogP contribution in [0.1, 0.15) is 35.4 Å². The first kappa shape index (κ1) is 33.1. The molecule has 0 amide bonds. The Morgan fingerprint density at radius 2 is 1.48 bits per heavy atom. The molecule has 244 valence electrons. The Hall–Kier alpha value is -4.26. The summed E-state index contributed by atoms with van der Waals surface area (Å²) in [5.74, 6) is 1.55. The van der Waals surface area contributed by atoms with Crippen LogP contribution in [0.5, 0.6) is 11.5 Å². The number of hydrogen-bond donors (Lipinski definition) is 2. The monoisotopic (exact) mass is 631 g/mol. The van der Waals surface area contributed by atoms with Gasteiger partial charge in [0.25, 0.3) is 0 Å². The predicted octanol–water partition coefficient (Wildman–Crippen LogP) is 3.70. The fourth-order valence-corrected chi connectivity index (χ4v) is 5.79. The number of hydrogen-bond acceptors (Lipinski definition) is 10. The van der Waals surface area contributed by atoms with Crippen molar-refractivity contribution in [3.05, 3.63) is 118 Å². The molecule has 1 aromatic heterocycles. The van der Waals surface area contributed by atoms with Gasteiger partial charge in [0.05, 0.1) is 34.0 Å². The highest BCUT2D eigenvalue weighted by atomic mass is 16.6. The number of aliphatic hydroxyl groups is 1. The van der Waals surface area contributed by atoms with Crippen LogP contribution in [0.25, 0.3) is 0 Å². The molecule has 0 radical (unpaired) electrons. The van der Waals surface area contributed by atoms with Crippen molar-refractivity contribution in [2.75, 3.05) is 46.9 Å². The van der Waals surface area contributed by atoms with Crippen LogP contribution in [0.4, 0.5) is 5.82 Å². The molecule has 2 heterocycles. The Bertz CT molecular complexity index is 1560. The van der Waals surface area contributed by atoms with Crippen molar-refractivity contribution in [1.82, 2.24) is 9.55 Å². The lowest BCUT2D eigenvalue weighted by atomic mass is 9.80. The van der Waals surface area contributed by atoms with Gasteiger partial charge in [0, 0.05) is 18.9 Å². The number of aryl methyl sites for hydroxylation is 1. The molecule has 4 aromatic rings. The van der Waals surface area contributed by atoms with Gasteiger partial charge in [-0.2, -0.15) is 4.98 Å². The van der Waals surface area contributed by atoms with Gasteiger partial charge in [-0.1, -0.05) is 61.5 Å². The molecule has 0 unspecified atom stereocenters. The zero-order valence-corrected chi connectivity index (χ0v) is 26.5. The highest BCUT2D eigenvalue weighted by Crippen LogP contribution is 2.43. The fourth-order valence-electron chi connectivity index (χ4n) is 5.79. The number of nitrogens with two attached hydrogens (primary N) is 1. The Morgan fingerprint density at radius 3 is 2.02 bits per heavy atom. The summed E-state index contributed by atoms with van der Waals surface area (Å²) in [6.45, 7) is 2.32. The van der Waals surface area contributed by atoms with E-state index in [1.165, 1.54) is 4.57 Å². The highest BCUT2D eigenvalue weighted by molar-refractivity contribution is 5.49. The van der Waals surface area contributed by atoms with Gasteiger partial charge in [0.1, 0.15) is 41.2 Å². The van der Waals surface area contributed by atoms with Crippen LogP contribution in [0, 0.1) is 0 Å². The molecule has 1 saturated heterocycles. The first-order valence-corrected chi connectivity index (χ1v) is 15.2. The summed E-state index contributed by atoms with van der Waals surface area (Å²) in [5.41, 5.74) is 7.43. The average Bonchev–Trinajstić information content (AvgIpc) is 3.40. The lowest BCUT2D eigenvalue weighted by Crippen LogP contribution is -2.41. The molecule has 3 N–H and O–H groups in total. The standard InChI is InChI=1S/C35H41N3O8/c1-5-23-21-38(34(40)37-32(23)36)33-31(44-20-19-41-2)30(39)29(46-33)22-45-35(24-9-7-6-8-10-24,25-11-15-27(42-3)16-12-25)26-13-17-28(43-4)18-14-26/h6-18,21,29-31,33,39H,5,19-20,22H2,1-4H3,(H2,36,37,40)/t29-,30-,31-,33-/m1/s1. The number of nitrogen functional groups attached to an aromatic ring is 1. The van der Waals surface area contributed by atoms with E-state index < -0.39 is 35.8 Å². The van der Waals surface area contributed by atoms with Gasteiger partial charge >= 0.3 is 5.69 Å². The molecular formula is C35H41N3O8. The lowest BCUT2D eigenvalue weighted by Gasteiger charge is -2.37. The summed E-state index contributed by atoms with van der Waals surface area (Å²) in [6.07, 6.45) is -1.77. The number of benzene rings is 3. The molecule has 1 aliphatic rings. The normalized spacial score (nSPS) is 19.7. The van der Waals surface area contributed by atoms with Crippen molar-refractivity contribution in [3.8, 4) is 11.5 Å². The largest absolute Gasteiger partial charge is 0.497 e. The maximum absolute atomic E-state index is 13.0. The summed E-state index contributed by atoms with van der Waals surface area (Å²) >= 11 is 0. The quantitative estimate of drug-likeness (QED) is 0.157. The van der Waals surface area contributed by atoms with E-state index >= 15 is 0 Å². The van der Waals surface area contributed by atoms with E-state index in [1.54, 1.807) is 27.5 Å². The van der Waals surface area contributed by atoms with E-state index in [2.05, 4.69) is 4.98 Å². The second kappa shape index (κ2) is 14.9. The van der Waals surface area contributed by atoms with Gasteiger partial charge in [0.15, 0.2) is 6.23 Å². The molecule has 3 aromatic carbocycles. The Labute approximate surface area is 268 Å². The molecule has 11 nitrogen and oxygen atoms in total. The van der Waals surface area contributed by atoms with Crippen molar-refractivity contribution >= 4 is 5.82 Å². The number of aliphatic hydroxyl groups excluding tert-OH is 1. The molecule has 1 fully saturated rings. The Balaban J connectivity index is 1.56. The molecule has 0 aliphatic carbocycles. The van der Waals surface area contributed by atoms with E-state index in [1.807, 2.05) is 85.8 Å². The van der Waals surface area contributed by atoms with E-state index in [4.69, 9.17) is 34.2 Å². The minimum Gasteiger partial charge on any atom is -0.497 e. The Morgan fingerprint density at radius 1 is 0.891 bits per heavy atom. The van der Waals surface area contributed by atoms with Gasteiger partial charge in [-0.25, -0.2) is 4.79 Å². The van der Waals surface area contributed by atoms with E-state index in [9.17, 15) is 9.90 Å². The van der Waals surface area contributed by atoms with Crippen LogP contribution in [0.15, 0.2) is 89.9 Å². The summed E-state index contributed by atoms with van der Waals surface area (Å²) < 4.78 is 36.8. The topological polar surface area (TPSA) is 137 Å². The van der Waals surface area contributed by atoms with Gasteiger partial charge in [-0.15, -0.1) is 0 Å². The molecule has 0 saturated carbocycles. The lowest BCUT2D eigenvalue weighted by molar-refractivity contribution is -0.0994. The minimum atomic E-state index is -1.16. The van der Waals surface area contributed by atoms with E-state index in [0.717, 1.165) is 16.7 Å². The first-order chi connectivity index (χ1) is 22.4. The minimum absolute atomic E-state index is 0.0630. The highest BCUT2D eigenvalue weighted by Gasteiger charge is 2.48. The first-order valence-electron chi connectivity index (χ1n) is 15.2. The Kier molecular flexibility index (Phi) is 10.7. The third-order valence-corrected chi connectivity index (χ3v) is 8.26. The SMILES string of the molecule is CCc1cn([C@@H]2O[C@H](COC(c3ccccc3)(c3ccc(OC)cc3)c3ccc(OC)cc3)[C@@H](O)[C@H]2OCCOC)c(=O)nc1N. The number of anilines is 1. The smallest absolute Gasteiger partial charge is 0.351 e. The van der Waals surface area contributed by atoms with Crippen LogP contribution in [0.2, 0.25) is 0 Å². The zero-order chi connectivity index (χ0) is 32.7. The second-order valence-electron chi connectivity index (χ2n) is 10.9. The number of aromatic nitrogens is 2. The van der Waals surface area contributed by atoms with Gasteiger partial charge < -0.3 is 39.3 Å². The second-order valence-corrected chi connectivity index (χ2v) is 10.9. The van der Waals surface area contributed by atoms with Crippen LogP contribution in [-0.2, 0) is 31.0 Å². The molecule has 5 rings (SSSR count). The van der Waals surface area contributed by atoms with Crippen molar-refractivity contribution in [1.29, 1.82) is 0 Å². The summed E-state index contributed by atoms with van der Waals surface area (Å²) in [5, 5.41) is 11.6. The fraction of sp³-hybridized carbons (Fsp3) is 0.371. The molecule has 0 bridgehead atoms. The number of nitrogens with zero attached hydrogens (tertiary/aromatic N) is 2. The summed E-state index contributed by atoms with van der Waals surface area (Å²) in [7, 11) is 4.79. The summed E-state index contributed by atoms with van der Waals surface area (Å²) in [6, 6.07) is 25.1. The van der Waals surface area contributed by atoms with E-state index in [0.29, 0.717) is 23.5 Å². The molecule has 1 aliphatic heterocycles. The van der Waals surface area contributed by atoms with Gasteiger partial charge in [0.2, 0.25) is 0 Å².